The van der Waals surface area contributed by atoms with Gasteiger partial charge in [-0.05, 0) is 30.3 Å². The summed E-state index contributed by atoms with van der Waals surface area (Å²) in [5.74, 6) is 1.93. The lowest BCUT2D eigenvalue weighted by Crippen LogP contribution is -1.95. The monoisotopic (exact) mass is 303 g/mol. The molecule has 0 fully saturated rings. The maximum Gasteiger partial charge on any atom is 0.151 e. The summed E-state index contributed by atoms with van der Waals surface area (Å²) in [6.45, 7) is 0. The number of para-hydroxylation sites is 2. The van der Waals surface area contributed by atoms with Crippen LogP contribution in [0.15, 0.2) is 70.5 Å². The molecule has 3 aromatic carbocycles. The van der Waals surface area contributed by atoms with E-state index in [2.05, 4.69) is 60.1 Å². The molecule has 3 heteroatoms. The second kappa shape index (κ2) is 4.31. The Balaban J connectivity index is 1.89. The molecule has 106 valence electrons. The average molecular weight is 303 g/mol. The highest BCUT2D eigenvalue weighted by molar-refractivity contribution is 7.99. The molecule has 1 aromatic heterocycles. The normalized spacial score (nSPS) is 13.0. The van der Waals surface area contributed by atoms with Crippen LogP contribution in [0.3, 0.4) is 0 Å². The van der Waals surface area contributed by atoms with Crippen LogP contribution in [0.1, 0.15) is 0 Å². The predicted molar refractivity (Wildman–Crippen MR) is 91.1 cm³/mol. The Bertz CT molecular complexity index is 1050. The molecule has 2 nitrogen and oxygen atoms in total. The maximum atomic E-state index is 6.28. The highest BCUT2D eigenvalue weighted by Crippen LogP contribution is 2.51. The van der Waals surface area contributed by atoms with Crippen molar-refractivity contribution in [2.24, 2.45) is 7.05 Å². The summed E-state index contributed by atoms with van der Waals surface area (Å²) in [5, 5.41) is 2.45. The summed E-state index contributed by atoms with van der Waals surface area (Å²) in [5.41, 5.74) is 2.44. The fourth-order valence-corrected chi connectivity index (χ4v) is 4.20. The number of fused-ring (bicyclic) bond motifs is 6. The van der Waals surface area contributed by atoms with Gasteiger partial charge in [0.2, 0.25) is 0 Å². The Morgan fingerprint density at radius 1 is 0.818 bits per heavy atom. The summed E-state index contributed by atoms with van der Waals surface area (Å²) in [6, 6.07) is 21.1. The number of benzene rings is 3. The molecule has 0 saturated carbocycles. The van der Waals surface area contributed by atoms with Crippen molar-refractivity contribution in [1.29, 1.82) is 0 Å². The zero-order chi connectivity index (χ0) is 14.7. The van der Waals surface area contributed by atoms with E-state index < -0.39 is 0 Å². The van der Waals surface area contributed by atoms with Crippen LogP contribution < -0.4 is 4.74 Å². The van der Waals surface area contributed by atoms with Gasteiger partial charge in [-0.25, -0.2) is 0 Å². The maximum absolute atomic E-state index is 6.28. The zero-order valence-electron chi connectivity index (χ0n) is 12.0. The van der Waals surface area contributed by atoms with Crippen LogP contribution in [0.2, 0.25) is 0 Å². The van der Waals surface area contributed by atoms with E-state index in [-0.39, 0.29) is 0 Å². The van der Waals surface area contributed by atoms with Crippen LogP contribution >= 0.6 is 11.8 Å². The molecule has 0 bridgehead atoms. The van der Waals surface area contributed by atoms with Crippen molar-refractivity contribution in [3.8, 4) is 11.5 Å². The molecule has 0 saturated heterocycles. The van der Waals surface area contributed by atoms with Gasteiger partial charge in [0, 0.05) is 18.0 Å². The SMILES string of the molecule is Cn1c2ccccc2c2c3c(ccc21)Sc1ccccc1O3. The molecule has 1 aliphatic rings. The first-order valence-corrected chi connectivity index (χ1v) is 8.09. The highest BCUT2D eigenvalue weighted by atomic mass is 32.2. The van der Waals surface area contributed by atoms with E-state index in [0.717, 1.165) is 11.5 Å². The Hall–Kier alpha value is -2.39. The molecule has 22 heavy (non-hydrogen) atoms. The second-order valence-corrected chi connectivity index (χ2v) is 6.60. The number of ether oxygens (including phenoxy) is 1. The number of hydrogen-bond donors (Lipinski definition) is 0. The number of aromatic nitrogens is 1. The summed E-state index contributed by atoms with van der Waals surface area (Å²) in [6.07, 6.45) is 0. The number of nitrogens with zero attached hydrogens (tertiary/aromatic N) is 1. The van der Waals surface area contributed by atoms with E-state index in [1.807, 2.05) is 12.1 Å². The minimum Gasteiger partial charge on any atom is -0.454 e. The standard InChI is InChI=1S/C19H13NOS/c1-20-13-7-3-2-6-12(13)18-14(20)10-11-17-19(18)21-15-8-4-5-9-16(15)22-17/h2-11H,1H3. The summed E-state index contributed by atoms with van der Waals surface area (Å²) < 4.78 is 8.51. The highest BCUT2D eigenvalue weighted by Gasteiger charge is 2.22. The topological polar surface area (TPSA) is 14.2 Å². The lowest BCUT2D eigenvalue weighted by atomic mass is 10.1. The molecule has 0 atom stereocenters. The molecule has 0 N–H and O–H groups in total. The van der Waals surface area contributed by atoms with Crippen LogP contribution in [0.4, 0.5) is 0 Å². The van der Waals surface area contributed by atoms with E-state index in [9.17, 15) is 0 Å². The van der Waals surface area contributed by atoms with Gasteiger partial charge in [0.1, 0.15) is 5.75 Å². The van der Waals surface area contributed by atoms with Crippen molar-refractivity contribution >= 4 is 33.6 Å². The quantitative estimate of drug-likeness (QED) is 0.370. The van der Waals surface area contributed by atoms with Crippen molar-refractivity contribution in [3.05, 3.63) is 60.7 Å². The van der Waals surface area contributed by atoms with Crippen molar-refractivity contribution in [2.45, 2.75) is 9.79 Å². The first-order valence-electron chi connectivity index (χ1n) is 7.28. The van der Waals surface area contributed by atoms with Crippen molar-refractivity contribution in [3.63, 3.8) is 0 Å². The van der Waals surface area contributed by atoms with Gasteiger partial charge in [0.05, 0.1) is 20.7 Å². The Kier molecular flexibility index (Phi) is 2.38. The van der Waals surface area contributed by atoms with Gasteiger partial charge in [0.25, 0.3) is 0 Å². The molecule has 0 radical (unpaired) electrons. The van der Waals surface area contributed by atoms with Gasteiger partial charge in [0.15, 0.2) is 5.75 Å². The fourth-order valence-electron chi connectivity index (χ4n) is 3.23. The minimum atomic E-state index is 0.945. The van der Waals surface area contributed by atoms with Crippen LogP contribution in [0.5, 0.6) is 11.5 Å². The molecule has 0 aliphatic carbocycles. The number of hydrogen-bond acceptors (Lipinski definition) is 2. The number of rotatable bonds is 0. The minimum absolute atomic E-state index is 0.945. The number of aryl methyl sites for hydroxylation is 1. The third-order valence-electron chi connectivity index (χ3n) is 4.28. The second-order valence-electron chi connectivity index (χ2n) is 5.51. The van der Waals surface area contributed by atoms with Crippen molar-refractivity contribution < 1.29 is 4.74 Å². The molecule has 0 spiro atoms. The van der Waals surface area contributed by atoms with E-state index in [1.54, 1.807) is 11.8 Å². The summed E-state index contributed by atoms with van der Waals surface area (Å²) >= 11 is 1.78. The van der Waals surface area contributed by atoms with Crippen LogP contribution in [0, 0.1) is 0 Å². The summed E-state index contributed by atoms with van der Waals surface area (Å²) in [4.78, 5) is 2.36. The van der Waals surface area contributed by atoms with Crippen LogP contribution in [0.25, 0.3) is 21.8 Å². The molecule has 4 aromatic rings. The van der Waals surface area contributed by atoms with E-state index in [0.29, 0.717) is 0 Å². The van der Waals surface area contributed by atoms with Crippen LogP contribution in [-0.2, 0) is 7.05 Å². The van der Waals surface area contributed by atoms with Gasteiger partial charge in [-0.3, -0.25) is 0 Å². The van der Waals surface area contributed by atoms with E-state index in [1.165, 1.54) is 31.6 Å². The molecule has 5 rings (SSSR count). The van der Waals surface area contributed by atoms with Gasteiger partial charge in [-0.15, -0.1) is 0 Å². The average Bonchev–Trinajstić information content (AvgIpc) is 2.87. The predicted octanol–water partition coefficient (Wildman–Crippen LogP) is 5.59. The van der Waals surface area contributed by atoms with Crippen LogP contribution in [-0.4, -0.2) is 4.57 Å². The lowest BCUT2D eigenvalue weighted by Gasteiger charge is -2.20. The molecule has 0 unspecified atom stereocenters. The molecule has 2 heterocycles. The first kappa shape index (κ1) is 12.2. The molecular weight excluding hydrogens is 290 g/mol. The first-order chi connectivity index (χ1) is 10.8. The third kappa shape index (κ3) is 1.52. The van der Waals surface area contributed by atoms with E-state index >= 15 is 0 Å². The zero-order valence-corrected chi connectivity index (χ0v) is 12.9. The summed E-state index contributed by atoms with van der Waals surface area (Å²) in [7, 11) is 2.11. The van der Waals surface area contributed by atoms with Crippen molar-refractivity contribution in [2.75, 3.05) is 0 Å². The largest absolute Gasteiger partial charge is 0.454 e. The smallest absolute Gasteiger partial charge is 0.151 e. The fraction of sp³-hybridized carbons (Fsp3) is 0.0526. The van der Waals surface area contributed by atoms with Gasteiger partial charge >= 0.3 is 0 Å². The molecule has 1 aliphatic heterocycles. The van der Waals surface area contributed by atoms with Crippen molar-refractivity contribution in [1.82, 2.24) is 4.57 Å². The Morgan fingerprint density at radius 2 is 1.64 bits per heavy atom. The van der Waals surface area contributed by atoms with Gasteiger partial charge in [-0.1, -0.05) is 42.1 Å². The molecule has 0 amide bonds. The van der Waals surface area contributed by atoms with E-state index in [4.69, 9.17) is 4.74 Å². The van der Waals surface area contributed by atoms with Gasteiger partial charge < -0.3 is 9.30 Å². The Morgan fingerprint density at radius 3 is 2.59 bits per heavy atom. The molecular formula is C19H13NOS. The lowest BCUT2D eigenvalue weighted by molar-refractivity contribution is 0.460. The Labute approximate surface area is 132 Å². The van der Waals surface area contributed by atoms with Gasteiger partial charge in [-0.2, -0.15) is 0 Å². The third-order valence-corrected chi connectivity index (χ3v) is 5.38.